The van der Waals surface area contributed by atoms with Crippen molar-refractivity contribution in [2.45, 2.75) is 26.7 Å². The molecule has 0 saturated heterocycles. The van der Waals surface area contributed by atoms with Gasteiger partial charge in [0.15, 0.2) is 0 Å². The van der Waals surface area contributed by atoms with Crippen LogP contribution in [-0.4, -0.2) is 6.21 Å². The highest BCUT2D eigenvalue weighted by atomic mass is 14.7. The number of benzene rings is 1. The molecule has 1 rings (SSSR count). The lowest BCUT2D eigenvalue weighted by atomic mass is 10.0. The van der Waals surface area contributed by atoms with Crippen LogP contribution in [0.2, 0.25) is 0 Å². The van der Waals surface area contributed by atoms with E-state index in [1.54, 1.807) is 18.3 Å². The number of nitriles is 2. The van der Waals surface area contributed by atoms with Crippen molar-refractivity contribution in [2.75, 3.05) is 0 Å². The van der Waals surface area contributed by atoms with E-state index >= 15 is 0 Å². The van der Waals surface area contributed by atoms with Crippen LogP contribution >= 0.6 is 0 Å². The summed E-state index contributed by atoms with van der Waals surface area (Å²) < 4.78 is 0. The van der Waals surface area contributed by atoms with Crippen molar-refractivity contribution >= 4 is 11.9 Å². The molecular weight excluding hydrogens is 222 g/mol. The number of hydrogen-bond acceptors (Lipinski definition) is 3. The van der Waals surface area contributed by atoms with Gasteiger partial charge in [0.2, 0.25) is 0 Å². The highest BCUT2D eigenvalue weighted by Gasteiger charge is 2.05. The number of aryl methyl sites for hydroxylation is 1. The van der Waals surface area contributed by atoms with E-state index in [9.17, 15) is 0 Å². The van der Waals surface area contributed by atoms with E-state index in [0.29, 0.717) is 11.1 Å². The molecule has 0 radical (unpaired) electrons. The Morgan fingerprint density at radius 1 is 1.22 bits per heavy atom. The molecule has 3 nitrogen and oxygen atoms in total. The van der Waals surface area contributed by atoms with Gasteiger partial charge in [-0.15, -0.1) is 0 Å². The minimum absolute atomic E-state index is 0.368. The fraction of sp³-hybridized carbons (Fsp3) is 0.267. The summed E-state index contributed by atoms with van der Waals surface area (Å²) in [7, 11) is 0. The molecule has 0 atom stereocenters. The zero-order chi connectivity index (χ0) is 13.4. The van der Waals surface area contributed by atoms with Crippen LogP contribution in [0.5, 0.6) is 0 Å². The van der Waals surface area contributed by atoms with Crippen LogP contribution in [0.15, 0.2) is 29.3 Å². The molecule has 0 aromatic heterocycles. The Kier molecular flexibility index (Phi) is 5.35. The number of aliphatic imine (C=N–C) groups is 1. The standard InChI is InChI=1S/C15H15N3/c1-3-4-5-6-7-18-15-9-14(11-17)13(10-16)8-12(15)2/h5-9H,3-4H2,1-2H3/b6-5+,18-7-. The smallest absolute Gasteiger partial charge is 0.101 e. The van der Waals surface area contributed by atoms with E-state index < -0.39 is 0 Å². The van der Waals surface area contributed by atoms with E-state index in [0.717, 1.165) is 24.1 Å². The molecule has 0 saturated carbocycles. The lowest BCUT2D eigenvalue weighted by Crippen LogP contribution is -1.86. The molecule has 0 N–H and O–H groups in total. The second-order valence-electron chi connectivity index (χ2n) is 3.90. The van der Waals surface area contributed by atoms with Crippen LogP contribution in [-0.2, 0) is 0 Å². The maximum absolute atomic E-state index is 8.94. The minimum atomic E-state index is 0.368. The maximum Gasteiger partial charge on any atom is 0.101 e. The van der Waals surface area contributed by atoms with Gasteiger partial charge >= 0.3 is 0 Å². The quantitative estimate of drug-likeness (QED) is 0.748. The van der Waals surface area contributed by atoms with Crippen LogP contribution in [0.4, 0.5) is 5.69 Å². The zero-order valence-corrected chi connectivity index (χ0v) is 10.6. The summed E-state index contributed by atoms with van der Waals surface area (Å²) in [6.45, 7) is 4.00. The molecule has 1 aromatic carbocycles. The van der Waals surface area contributed by atoms with Gasteiger partial charge in [-0.1, -0.05) is 19.4 Å². The summed E-state index contributed by atoms with van der Waals surface area (Å²) in [5.41, 5.74) is 2.39. The monoisotopic (exact) mass is 237 g/mol. The van der Waals surface area contributed by atoms with E-state index in [2.05, 4.69) is 11.9 Å². The molecule has 0 aliphatic carbocycles. The summed E-state index contributed by atoms with van der Waals surface area (Å²) in [5.74, 6) is 0. The Morgan fingerprint density at radius 2 is 1.89 bits per heavy atom. The van der Waals surface area contributed by atoms with E-state index in [-0.39, 0.29) is 0 Å². The molecule has 90 valence electrons. The van der Waals surface area contributed by atoms with Gasteiger partial charge in [0.25, 0.3) is 0 Å². The SMILES string of the molecule is CCC/C=C/C=N\c1cc(C#N)c(C#N)cc1C. The molecule has 0 aliphatic rings. The first kappa shape index (κ1) is 13.7. The van der Waals surface area contributed by atoms with Crippen molar-refractivity contribution in [2.24, 2.45) is 4.99 Å². The Balaban J connectivity index is 2.98. The van der Waals surface area contributed by atoms with Crippen LogP contribution < -0.4 is 0 Å². The van der Waals surface area contributed by atoms with Crippen LogP contribution in [0, 0.1) is 29.6 Å². The summed E-state index contributed by atoms with van der Waals surface area (Å²) in [4.78, 5) is 4.29. The maximum atomic E-state index is 8.94. The Bertz CT molecular complexity index is 554. The van der Waals surface area contributed by atoms with Crippen molar-refractivity contribution in [1.82, 2.24) is 0 Å². The first-order valence-corrected chi connectivity index (χ1v) is 5.87. The molecule has 1 aromatic rings. The molecule has 3 heteroatoms. The van der Waals surface area contributed by atoms with Gasteiger partial charge in [0.1, 0.15) is 12.1 Å². The van der Waals surface area contributed by atoms with Crippen LogP contribution in [0.1, 0.15) is 36.5 Å². The number of hydrogen-bond donors (Lipinski definition) is 0. The average Bonchev–Trinajstić information content (AvgIpc) is 2.39. The predicted molar refractivity (Wildman–Crippen MR) is 72.8 cm³/mol. The third kappa shape index (κ3) is 3.57. The van der Waals surface area contributed by atoms with Crippen molar-refractivity contribution in [1.29, 1.82) is 10.5 Å². The molecular formula is C15H15N3. The van der Waals surface area contributed by atoms with Crippen molar-refractivity contribution in [3.63, 3.8) is 0 Å². The number of rotatable bonds is 4. The van der Waals surface area contributed by atoms with Gasteiger partial charge in [-0.3, -0.25) is 4.99 Å². The third-order valence-corrected chi connectivity index (χ3v) is 2.47. The van der Waals surface area contributed by atoms with Gasteiger partial charge < -0.3 is 0 Å². The third-order valence-electron chi connectivity index (χ3n) is 2.47. The number of allylic oxidation sites excluding steroid dienone is 2. The second kappa shape index (κ2) is 7.04. The lowest BCUT2D eigenvalue weighted by molar-refractivity contribution is 0.960. The van der Waals surface area contributed by atoms with E-state index in [4.69, 9.17) is 10.5 Å². The predicted octanol–water partition coefficient (Wildman–Crippen LogP) is 3.80. The Hall–Kier alpha value is -2.39. The van der Waals surface area contributed by atoms with Gasteiger partial charge in [-0.25, -0.2) is 0 Å². The minimum Gasteiger partial charge on any atom is -0.257 e. The Morgan fingerprint density at radius 3 is 2.50 bits per heavy atom. The van der Waals surface area contributed by atoms with Crippen molar-refractivity contribution in [3.8, 4) is 12.1 Å². The van der Waals surface area contributed by atoms with Crippen molar-refractivity contribution in [3.05, 3.63) is 41.0 Å². The molecule has 0 aliphatic heterocycles. The first-order chi connectivity index (χ1) is 8.72. The van der Waals surface area contributed by atoms with Crippen LogP contribution in [0.25, 0.3) is 0 Å². The summed E-state index contributed by atoms with van der Waals surface area (Å²) >= 11 is 0. The fourth-order valence-corrected chi connectivity index (χ4v) is 1.47. The van der Waals surface area contributed by atoms with Gasteiger partial charge in [-0.05, 0) is 37.1 Å². The molecule has 0 bridgehead atoms. The fourth-order valence-electron chi connectivity index (χ4n) is 1.47. The highest BCUT2D eigenvalue weighted by Crippen LogP contribution is 2.22. The number of nitrogens with zero attached hydrogens (tertiary/aromatic N) is 3. The van der Waals surface area contributed by atoms with E-state index in [1.807, 2.05) is 31.2 Å². The lowest BCUT2D eigenvalue weighted by Gasteiger charge is -2.01. The largest absolute Gasteiger partial charge is 0.257 e. The normalized spacial score (nSPS) is 10.7. The molecule has 0 heterocycles. The van der Waals surface area contributed by atoms with Crippen molar-refractivity contribution < 1.29 is 0 Å². The van der Waals surface area contributed by atoms with Gasteiger partial charge in [-0.2, -0.15) is 10.5 Å². The second-order valence-corrected chi connectivity index (χ2v) is 3.90. The topological polar surface area (TPSA) is 59.9 Å². The molecule has 0 spiro atoms. The summed E-state index contributed by atoms with van der Waals surface area (Å²) in [5, 5.41) is 17.8. The van der Waals surface area contributed by atoms with Crippen LogP contribution in [0.3, 0.4) is 0 Å². The summed E-state index contributed by atoms with van der Waals surface area (Å²) in [6, 6.07) is 7.37. The van der Waals surface area contributed by atoms with E-state index in [1.165, 1.54) is 0 Å². The number of unbranched alkanes of at least 4 members (excludes halogenated alkanes) is 1. The molecule has 0 fully saturated rings. The first-order valence-electron chi connectivity index (χ1n) is 5.87. The molecule has 0 unspecified atom stereocenters. The molecule has 18 heavy (non-hydrogen) atoms. The highest BCUT2D eigenvalue weighted by molar-refractivity contribution is 5.75. The molecule has 0 amide bonds. The van der Waals surface area contributed by atoms with Gasteiger partial charge in [0, 0.05) is 6.21 Å². The van der Waals surface area contributed by atoms with Gasteiger partial charge in [0.05, 0.1) is 16.8 Å². The Labute approximate surface area is 108 Å². The zero-order valence-electron chi connectivity index (χ0n) is 10.6. The summed E-state index contributed by atoms with van der Waals surface area (Å²) in [6.07, 6.45) is 7.80. The average molecular weight is 237 g/mol.